The molecule has 0 aromatic carbocycles. The van der Waals surface area contributed by atoms with E-state index in [4.69, 9.17) is 4.74 Å². The largest absolute Gasteiger partial charge is 0.481 e. The monoisotopic (exact) mass is 368 g/mol. The van der Waals surface area contributed by atoms with Crippen molar-refractivity contribution < 1.29 is 19.4 Å². The fourth-order valence-electron chi connectivity index (χ4n) is 4.91. The van der Waals surface area contributed by atoms with E-state index >= 15 is 0 Å². The van der Waals surface area contributed by atoms with Crippen LogP contribution < -0.4 is 0 Å². The summed E-state index contributed by atoms with van der Waals surface area (Å²) in [6, 6.07) is 0. The van der Waals surface area contributed by atoms with Gasteiger partial charge in [-0.1, -0.05) is 48.9 Å². The van der Waals surface area contributed by atoms with Crippen molar-refractivity contribution in [2.45, 2.75) is 39.2 Å². The normalized spacial score (nSPS) is 45.5. The van der Waals surface area contributed by atoms with Gasteiger partial charge in [0.25, 0.3) is 0 Å². The lowest BCUT2D eigenvalue weighted by Gasteiger charge is -2.64. The van der Waals surface area contributed by atoms with E-state index in [9.17, 15) is 14.7 Å². The third-order valence-corrected chi connectivity index (χ3v) is 7.08. The zero-order chi connectivity index (χ0) is 16.5. The minimum atomic E-state index is -1.12. The maximum atomic E-state index is 12.4. The average Bonchev–Trinajstić information content (AvgIpc) is 2.40. The second-order valence-corrected chi connectivity index (χ2v) is 8.45. The Morgan fingerprint density at radius 1 is 1.50 bits per heavy atom. The first kappa shape index (κ1) is 15.8. The van der Waals surface area contributed by atoms with Crippen molar-refractivity contribution in [3.8, 4) is 0 Å². The van der Waals surface area contributed by atoms with E-state index in [-0.39, 0.29) is 23.2 Å². The molecule has 5 atom stereocenters. The highest BCUT2D eigenvalue weighted by Crippen LogP contribution is 2.67. The number of ether oxygens (including phenoxy) is 1. The van der Waals surface area contributed by atoms with Gasteiger partial charge >= 0.3 is 11.9 Å². The van der Waals surface area contributed by atoms with Crippen molar-refractivity contribution in [1.82, 2.24) is 0 Å². The summed E-state index contributed by atoms with van der Waals surface area (Å²) >= 11 is 3.53. The minimum Gasteiger partial charge on any atom is -0.481 e. The lowest BCUT2D eigenvalue weighted by molar-refractivity contribution is -0.231. The van der Waals surface area contributed by atoms with Gasteiger partial charge in [-0.3, -0.25) is 9.59 Å². The molecule has 2 aliphatic carbocycles. The van der Waals surface area contributed by atoms with Gasteiger partial charge in [0.15, 0.2) is 5.60 Å². The van der Waals surface area contributed by atoms with Crippen LogP contribution in [0.1, 0.15) is 33.6 Å². The van der Waals surface area contributed by atoms with E-state index in [0.717, 1.165) is 12.8 Å². The predicted octanol–water partition coefficient (Wildman–Crippen LogP) is 3.52. The Labute approximate surface area is 138 Å². The number of carbonyl (C=O) groups is 2. The second kappa shape index (κ2) is 4.47. The van der Waals surface area contributed by atoms with Gasteiger partial charge in [0.2, 0.25) is 0 Å². The topological polar surface area (TPSA) is 63.6 Å². The van der Waals surface area contributed by atoms with Gasteiger partial charge in [-0.05, 0) is 18.3 Å². The van der Waals surface area contributed by atoms with E-state index in [1.807, 2.05) is 26.8 Å². The van der Waals surface area contributed by atoms with Crippen molar-refractivity contribution in [3.05, 3.63) is 23.2 Å². The molecule has 5 heteroatoms. The molecule has 22 heavy (non-hydrogen) atoms. The zero-order valence-electron chi connectivity index (χ0n) is 13.1. The number of hydrogen-bond donors (Lipinski definition) is 1. The van der Waals surface area contributed by atoms with E-state index < -0.39 is 22.9 Å². The molecule has 2 aliphatic heterocycles. The number of carbonyl (C=O) groups excluding carboxylic acids is 1. The van der Waals surface area contributed by atoms with E-state index in [0.29, 0.717) is 4.48 Å². The Hall–Kier alpha value is -1.10. The van der Waals surface area contributed by atoms with Crippen LogP contribution in [0, 0.1) is 28.6 Å². The molecule has 0 aromatic heterocycles. The van der Waals surface area contributed by atoms with Crippen LogP contribution in [-0.4, -0.2) is 22.6 Å². The number of hydrogen-bond acceptors (Lipinski definition) is 3. The summed E-state index contributed by atoms with van der Waals surface area (Å²) in [5, 5.41) is 9.94. The van der Waals surface area contributed by atoms with Crippen LogP contribution in [0.3, 0.4) is 0 Å². The first-order valence-electron chi connectivity index (χ1n) is 7.58. The van der Waals surface area contributed by atoms with Gasteiger partial charge in [-0.15, -0.1) is 6.58 Å². The van der Waals surface area contributed by atoms with Crippen molar-refractivity contribution in [3.63, 3.8) is 0 Å². The zero-order valence-corrected chi connectivity index (χ0v) is 14.6. The standard InChI is InChI=1S/C17H21BrO4/c1-5-16(4)7-6-10-15(2,3)9-8-11(18)17(10,22-14(9)21)12(16)13(19)20/h5,8-10,12H,1,6-7H2,2-4H3,(H,19,20)/t9-,10+,12+,16?,17+/m1/s1. The number of carboxylic acids is 1. The van der Waals surface area contributed by atoms with Crippen molar-refractivity contribution in [1.29, 1.82) is 0 Å². The van der Waals surface area contributed by atoms with Crippen LogP contribution in [0.5, 0.6) is 0 Å². The van der Waals surface area contributed by atoms with E-state index in [1.54, 1.807) is 6.08 Å². The fraction of sp³-hybridized carbons (Fsp3) is 0.647. The number of allylic oxidation sites excluding steroid dienone is 1. The maximum Gasteiger partial charge on any atom is 0.314 e. The summed E-state index contributed by atoms with van der Waals surface area (Å²) in [6.07, 6.45) is 5.10. The summed E-state index contributed by atoms with van der Waals surface area (Å²) < 4.78 is 6.52. The molecular weight excluding hydrogens is 348 g/mol. The molecule has 1 saturated carbocycles. The average molecular weight is 369 g/mol. The number of rotatable bonds is 2. The summed E-state index contributed by atoms with van der Waals surface area (Å²) in [6.45, 7) is 9.83. The molecule has 0 aromatic rings. The van der Waals surface area contributed by atoms with Crippen molar-refractivity contribution in [2.24, 2.45) is 28.6 Å². The van der Waals surface area contributed by atoms with Crippen molar-refractivity contribution >= 4 is 27.9 Å². The molecule has 1 saturated heterocycles. The number of esters is 1. The number of halogens is 1. The number of carboxylic acid groups (broad SMARTS) is 1. The molecule has 4 aliphatic rings. The maximum absolute atomic E-state index is 12.4. The van der Waals surface area contributed by atoms with Gasteiger partial charge in [-0.2, -0.15) is 0 Å². The quantitative estimate of drug-likeness (QED) is 0.598. The lowest BCUT2D eigenvalue weighted by atomic mass is 9.46. The highest BCUT2D eigenvalue weighted by atomic mass is 79.9. The Bertz CT molecular complexity index is 608. The third-order valence-electron chi connectivity index (χ3n) is 6.20. The molecule has 2 fully saturated rings. The minimum absolute atomic E-state index is 0.0174. The van der Waals surface area contributed by atoms with Crippen LogP contribution in [0.4, 0.5) is 0 Å². The molecule has 1 N–H and O–H groups in total. The molecule has 0 amide bonds. The Balaban J connectivity index is 2.28. The summed E-state index contributed by atoms with van der Waals surface area (Å²) in [7, 11) is 0. The van der Waals surface area contributed by atoms with Gasteiger partial charge in [0.1, 0.15) is 5.92 Å². The number of aliphatic carboxylic acids is 1. The molecule has 2 bridgehead atoms. The smallest absolute Gasteiger partial charge is 0.314 e. The molecule has 1 unspecified atom stereocenters. The summed E-state index contributed by atoms with van der Waals surface area (Å²) in [5.74, 6) is -2.44. The van der Waals surface area contributed by atoms with Gasteiger partial charge in [0, 0.05) is 15.8 Å². The van der Waals surface area contributed by atoms with Crippen LogP contribution in [0.15, 0.2) is 23.2 Å². The molecule has 1 spiro atoms. The summed E-state index contributed by atoms with van der Waals surface area (Å²) in [4.78, 5) is 24.6. The van der Waals surface area contributed by atoms with Crippen LogP contribution >= 0.6 is 15.9 Å². The second-order valence-electron chi connectivity index (χ2n) is 7.60. The molecular formula is C17H21BrO4. The summed E-state index contributed by atoms with van der Waals surface area (Å²) in [5.41, 5.74) is -2.05. The Morgan fingerprint density at radius 3 is 2.68 bits per heavy atom. The van der Waals surface area contributed by atoms with E-state index in [1.165, 1.54) is 0 Å². The first-order chi connectivity index (χ1) is 10.1. The van der Waals surface area contributed by atoms with Gasteiger partial charge in [-0.25, -0.2) is 0 Å². The molecule has 0 radical (unpaired) electrons. The highest BCUT2D eigenvalue weighted by Gasteiger charge is 2.71. The van der Waals surface area contributed by atoms with Crippen LogP contribution in [0.2, 0.25) is 0 Å². The third kappa shape index (κ3) is 1.63. The molecule has 120 valence electrons. The number of fused-ring (bicyclic) bond motifs is 1. The van der Waals surface area contributed by atoms with Crippen LogP contribution in [-0.2, 0) is 14.3 Å². The van der Waals surface area contributed by atoms with Crippen LogP contribution in [0.25, 0.3) is 0 Å². The van der Waals surface area contributed by atoms with Gasteiger partial charge < -0.3 is 9.84 Å². The fourth-order valence-corrected chi connectivity index (χ4v) is 5.76. The van der Waals surface area contributed by atoms with Crippen molar-refractivity contribution in [2.75, 3.05) is 0 Å². The lowest BCUT2D eigenvalue weighted by Crippen LogP contribution is -2.70. The Morgan fingerprint density at radius 2 is 2.14 bits per heavy atom. The predicted molar refractivity (Wildman–Crippen MR) is 85.3 cm³/mol. The molecule has 2 heterocycles. The first-order valence-corrected chi connectivity index (χ1v) is 8.37. The Kier molecular flexibility index (Phi) is 3.20. The molecule has 4 rings (SSSR count). The van der Waals surface area contributed by atoms with E-state index in [2.05, 4.69) is 22.5 Å². The SMILES string of the molecule is C=CC1(C)CC[C@H]2C(C)(C)[C@@H]3C=C(Br)[C@]2(OC3=O)[C@H]1C(=O)O. The molecule has 4 nitrogen and oxygen atoms in total. The van der Waals surface area contributed by atoms with Gasteiger partial charge in [0.05, 0.1) is 5.92 Å². The highest BCUT2D eigenvalue weighted by molar-refractivity contribution is 9.11.